The zero-order chi connectivity index (χ0) is 28.3. The Morgan fingerprint density at radius 1 is 0.628 bits per heavy atom. The fraction of sp³-hybridized carbons (Fsp3) is 0.0250. The highest BCUT2D eigenvalue weighted by atomic mass is 32.2. The molecule has 0 amide bonds. The molecule has 9 rings (SSSR count). The van der Waals surface area contributed by atoms with Gasteiger partial charge in [0.05, 0.1) is 10.6 Å². The van der Waals surface area contributed by atoms with Gasteiger partial charge in [0, 0.05) is 46.6 Å². The van der Waals surface area contributed by atoms with Crippen LogP contribution in [-0.2, 0) is 0 Å². The third kappa shape index (κ3) is 3.78. The van der Waals surface area contributed by atoms with Gasteiger partial charge in [-0.15, -0.1) is 0 Å². The smallest absolute Gasteiger partial charge is 0.225 e. The molecule has 6 bridgehead atoms. The summed E-state index contributed by atoms with van der Waals surface area (Å²) in [6.45, 7) is 0. The lowest BCUT2D eigenvalue weighted by atomic mass is 9.91. The summed E-state index contributed by atoms with van der Waals surface area (Å²) in [6, 6.07) is 50.8. The Balaban J connectivity index is 1.46. The van der Waals surface area contributed by atoms with Gasteiger partial charge in [-0.3, -0.25) is 0 Å². The summed E-state index contributed by atoms with van der Waals surface area (Å²) in [5, 5.41) is 2.69. The van der Waals surface area contributed by atoms with Crippen molar-refractivity contribution in [3.63, 3.8) is 0 Å². The molecule has 0 fully saturated rings. The summed E-state index contributed by atoms with van der Waals surface area (Å²) in [7, 11) is 0. The normalized spacial score (nSPS) is 16.4. The first-order valence-electron chi connectivity index (χ1n) is 14.7. The molecule has 6 aromatic rings. The molecule has 1 unspecified atom stereocenters. The predicted octanol–water partition coefficient (Wildman–Crippen LogP) is 10.5. The Bertz CT molecular complexity index is 2140. The number of rotatable bonds is 3. The van der Waals surface area contributed by atoms with Crippen LogP contribution in [0.3, 0.4) is 0 Å². The third-order valence-electron chi connectivity index (χ3n) is 8.68. The molecule has 202 valence electrons. The molecule has 3 heteroatoms. The monoisotopic (exact) mass is 567 g/mol. The van der Waals surface area contributed by atoms with E-state index in [1.807, 2.05) is 11.8 Å². The number of anilines is 2. The number of thioether (sulfide) groups is 1. The first-order valence-corrected chi connectivity index (χ1v) is 15.6. The van der Waals surface area contributed by atoms with Crippen molar-refractivity contribution >= 4 is 51.0 Å². The minimum Gasteiger partial charge on any atom is -0.312 e. The van der Waals surface area contributed by atoms with Crippen LogP contribution in [0.15, 0.2) is 168 Å². The number of allylic oxidation sites excluding steroid dienone is 3. The van der Waals surface area contributed by atoms with Crippen LogP contribution in [0.4, 0.5) is 22.7 Å². The first-order chi connectivity index (χ1) is 21.3. The molecule has 1 atom stereocenters. The Hall–Kier alpha value is -5.12. The lowest BCUT2D eigenvalue weighted by Gasteiger charge is -2.34. The van der Waals surface area contributed by atoms with Crippen molar-refractivity contribution in [3.05, 3.63) is 163 Å². The van der Waals surface area contributed by atoms with Crippen LogP contribution in [0.5, 0.6) is 0 Å². The van der Waals surface area contributed by atoms with E-state index in [-0.39, 0.29) is 5.25 Å². The fourth-order valence-electron chi connectivity index (χ4n) is 6.83. The molecule has 0 aromatic heterocycles. The van der Waals surface area contributed by atoms with Gasteiger partial charge in [-0.2, -0.15) is 4.58 Å². The quantitative estimate of drug-likeness (QED) is 0.196. The number of hydrogen-bond acceptors (Lipinski definition) is 2. The SMILES string of the molecule is C1=CC2=[N+](c3ccccc3)c3ccc4cc(-c5ccccc5)cc5c4c3SC2C(=C1)N(c1ccccc1)c1ccccc1-5. The Labute approximate surface area is 255 Å². The number of para-hydroxylation sites is 3. The molecule has 0 saturated heterocycles. The van der Waals surface area contributed by atoms with Gasteiger partial charge in [-0.25, -0.2) is 0 Å². The predicted molar refractivity (Wildman–Crippen MR) is 183 cm³/mol. The van der Waals surface area contributed by atoms with Crippen LogP contribution >= 0.6 is 11.8 Å². The molecule has 43 heavy (non-hydrogen) atoms. The molecular formula is C40H27N2S+. The highest BCUT2D eigenvalue weighted by Gasteiger charge is 2.43. The second-order valence-corrected chi connectivity index (χ2v) is 12.2. The third-order valence-corrected chi connectivity index (χ3v) is 10.1. The van der Waals surface area contributed by atoms with Crippen LogP contribution in [-0.4, -0.2) is 11.0 Å². The van der Waals surface area contributed by atoms with Gasteiger partial charge in [0.1, 0.15) is 5.25 Å². The first kappa shape index (κ1) is 24.5. The van der Waals surface area contributed by atoms with Crippen molar-refractivity contribution in [1.29, 1.82) is 0 Å². The topological polar surface area (TPSA) is 6.25 Å². The molecule has 6 aromatic carbocycles. The van der Waals surface area contributed by atoms with Crippen molar-refractivity contribution < 1.29 is 0 Å². The summed E-state index contributed by atoms with van der Waals surface area (Å²) < 4.78 is 2.48. The van der Waals surface area contributed by atoms with Gasteiger partial charge in [0.25, 0.3) is 0 Å². The number of benzene rings is 6. The summed E-state index contributed by atoms with van der Waals surface area (Å²) >= 11 is 1.99. The van der Waals surface area contributed by atoms with E-state index in [1.54, 1.807) is 0 Å². The summed E-state index contributed by atoms with van der Waals surface area (Å²) in [5.41, 5.74) is 12.3. The summed E-state index contributed by atoms with van der Waals surface area (Å²) in [5.74, 6) is 0. The average Bonchev–Trinajstić information content (AvgIpc) is 3.13. The molecular weight excluding hydrogens is 541 g/mol. The van der Waals surface area contributed by atoms with Crippen molar-refractivity contribution in [2.24, 2.45) is 0 Å². The largest absolute Gasteiger partial charge is 0.312 e. The highest BCUT2D eigenvalue weighted by molar-refractivity contribution is 8.01. The van der Waals surface area contributed by atoms with Crippen LogP contribution in [0, 0.1) is 0 Å². The molecule has 1 aliphatic carbocycles. The number of fused-ring (bicyclic) bond motifs is 2. The van der Waals surface area contributed by atoms with Crippen molar-refractivity contribution in [2.45, 2.75) is 10.1 Å². The Morgan fingerprint density at radius 2 is 1.35 bits per heavy atom. The maximum atomic E-state index is 2.48. The van der Waals surface area contributed by atoms with E-state index in [4.69, 9.17) is 0 Å². The van der Waals surface area contributed by atoms with E-state index in [1.165, 1.54) is 66.4 Å². The van der Waals surface area contributed by atoms with Gasteiger partial charge in [0.2, 0.25) is 17.1 Å². The zero-order valence-electron chi connectivity index (χ0n) is 23.4. The molecule has 2 heterocycles. The average molecular weight is 568 g/mol. The van der Waals surface area contributed by atoms with Gasteiger partial charge in [-0.05, 0) is 64.6 Å². The highest BCUT2D eigenvalue weighted by Crippen LogP contribution is 2.54. The molecule has 3 aliphatic rings. The van der Waals surface area contributed by atoms with Gasteiger partial charge in [0.15, 0.2) is 0 Å². The molecule has 2 nitrogen and oxygen atoms in total. The van der Waals surface area contributed by atoms with Gasteiger partial charge in [-0.1, -0.05) is 103 Å². The van der Waals surface area contributed by atoms with Crippen LogP contribution in [0.25, 0.3) is 33.0 Å². The minimum atomic E-state index is 0.108. The Morgan fingerprint density at radius 3 is 2.16 bits per heavy atom. The Kier molecular flexibility index (Phi) is 5.53. The fourth-order valence-corrected chi connectivity index (χ4v) is 8.30. The minimum absolute atomic E-state index is 0.108. The van der Waals surface area contributed by atoms with E-state index in [9.17, 15) is 0 Å². The molecule has 0 spiro atoms. The summed E-state index contributed by atoms with van der Waals surface area (Å²) in [4.78, 5) is 3.81. The lowest BCUT2D eigenvalue weighted by molar-refractivity contribution is 0.999. The van der Waals surface area contributed by atoms with Gasteiger partial charge < -0.3 is 4.90 Å². The number of nitrogens with zero attached hydrogens (tertiary/aromatic N) is 2. The molecule has 2 aliphatic heterocycles. The zero-order valence-corrected chi connectivity index (χ0v) is 24.2. The van der Waals surface area contributed by atoms with Crippen LogP contribution < -0.4 is 9.48 Å². The standard InChI is InChI=1S/C40H27N2S/c1-4-13-27(14-5-1)29-25-28-23-24-37-40-38(28)33(26-29)32-19-10-11-20-34(32)41(30-15-6-2-7-16-30)35-21-12-22-36(39(35)43-40)42(37)31-17-8-3-9-18-31/h1-26,39H/q+1. The van der Waals surface area contributed by atoms with E-state index in [2.05, 4.69) is 167 Å². The second-order valence-electron chi connectivity index (χ2n) is 11.1. The van der Waals surface area contributed by atoms with E-state index < -0.39 is 0 Å². The van der Waals surface area contributed by atoms with Gasteiger partial charge >= 0.3 is 0 Å². The van der Waals surface area contributed by atoms with E-state index >= 15 is 0 Å². The second kappa shape index (κ2) is 9.72. The maximum Gasteiger partial charge on any atom is 0.225 e. The van der Waals surface area contributed by atoms with Crippen molar-refractivity contribution in [3.8, 4) is 22.3 Å². The van der Waals surface area contributed by atoms with E-state index in [0.717, 1.165) is 5.69 Å². The molecule has 0 saturated carbocycles. The molecule has 0 N–H and O–H groups in total. The van der Waals surface area contributed by atoms with Crippen LogP contribution in [0.1, 0.15) is 0 Å². The van der Waals surface area contributed by atoms with Crippen molar-refractivity contribution in [1.82, 2.24) is 4.58 Å². The number of hydrogen-bond donors (Lipinski definition) is 0. The lowest BCUT2D eigenvalue weighted by Crippen LogP contribution is -2.37. The summed E-state index contributed by atoms with van der Waals surface area (Å²) in [6.07, 6.45) is 6.83. The van der Waals surface area contributed by atoms with Crippen LogP contribution in [0.2, 0.25) is 0 Å². The maximum absolute atomic E-state index is 2.48. The van der Waals surface area contributed by atoms with Crippen molar-refractivity contribution in [2.75, 3.05) is 4.90 Å². The van der Waals surface area contributed by atoms with E-state index in [0.29, 0.717) is 0 Å². The molecule has 0 radical (unpaired) electrons.